The summed E-state index contributed by atoms with van der Waals surface area (Å²) in [6.45, 7) is 3.88. The van der Waals surface area contributed by atoms with E-state index in [1.165, 1.54) is 0 Å². The molecule has 3 heteroatoms. The number of hydrogen-bond donors (Lipinski definition) is 2. The molecule has 0 saturated carbocycles. The normalized spacial score (nSPS) is 11.2. The van der Waals surface area contributed by atoms with Gasteiger partial charge in [0.05, 0.1) is 6.10 Å². The highest BCUT2D eigenvalue weighted by molar-refractivity contribution is 5.93. The van der Waals surface area contributed by atoms with E-state index in [9.17, 15) is 9.90 Å². The van der Waals surface area contributed by atoms with Crippen molar-refractivity contribution in [1.29, 1.82) is 0 Å². The zero-order valence-electron chi connectivity index (χ0n) is 7.55. The molecule has 0 radical (unpaired) electrons. The number of aliphatic hydroxyl groups excluding tert-OH is 1. The minimum Gasteiger partial charge on any atom is -0.391 e. The van der Waals surface area contributed by atoms with Crippen LogP contribution in [0.15, 0.2) is 0 Å². The molecule has 68 valence electrons. The molecule has 1 atom stereocenters. The Morgan fingerprint density at radius 2 is 2.33 bits per heavy atom. The third-order valence-corrected chi connectivity index (χ3v) is 1.36. The van der Waals surface area contributed by atoms with Gasteiger partial charge in [-0.2, -0.15) is 0 Å². The van der Waals surface area contributed by atoms with E-state index in [-0.39, 0.29) is 5.91 Å². The molecule has 2 N–H and O–H groups in total. The maximum absolute atomic E-state index is 10.8. The molecule has 0 heterocycles. The molecule has 0 rings (SSSR count). The smallest absolute Gasteiger partial charge is 0.295 e. The van der Waals surface area contributed by atoms with E-state index in [2.05, 4.69) is 17.2 Å². The molecule has 0 spiro atoms. The predicted molar refractivity (Wildman–Crippen MR) is 47.4 cm³/mol. The van der Waals surface area contributed by atoms with E-state index in [0.29, 0.717) is 13.0 Å². The summed E-state index contributed by atoms with van der Waals surface area (Å²) in [6, 6.07) is 0. The highest BCUT2D eigenvalue weighted by Crippen LogP contribution is 1.93. The van der Waals surface area contributed by atoms with Crippen LogP contribution in [0.25, 0.3) is 0 Å². The van der Waals surface area contributed by atoms with Gasteiger partial charge in [0.1, 0.15) is 0 Å². The van der Waals surface area contributed by atoms with Crippen LogP contribution in [-0.2, 0) is 4.79 Å². The Kier molecular flexibility index (Phi) is 6.12. The van der Waals surface area contributed by atoms with Gasteiger partial charge in [0.15, 0.2) is 0 Å². The predicted octanol–water partition coefficient (Wildman–Crippen LogP) is 0.287. The van der Waals surface area contributed by atoms with Gasteiger partial charge in [-0.25, -0.2) is 0 Å². The molecule has 0 aromatic heterocycles. The van der Waals surface area contributed by atoms with Crippen LogP contribution in [-0.4, -0.2) is 23.7 Å². The summed E-state index contributed by atoms with van der Waals surface area (Å²) in [7, 11) is 0. The van der Waals surface area contributed by atoms with Gasteiger partial charge < -0.3 is 10.4 Å². The first-order valence-electron chi connectivity index (χ1n) is 4.09. The lowest BCUT2D eigenvalue weighted by Crippen LogP contribution is -2.30. The van der Waals surface area contributed by atoms with Gasteiger partial charge in [-0.15, -0.1) is 0 Å². The summed E-state index contributed by atoms with van der Waals surface area (Å²) in [4.78, 5) is 10.8. The van der Waals surface area contributed by atoms with Gasteiger partial charge in [-0.05, 0) is 19.3 Å². The Morgan fingerprint density at radius 3 is 2.83 bits per heavy atom. The van der Waals surface area contributed by atoms with Gasteiger partial charge >= 0.3 is 0 Å². The van der Waals surface area contributed by atoms with Gasteiger partial charge in [0, 0.05) is 6.54 Å². The van der Waals surface area contributed by atoms with E-state index in [0.717, 1.165) is 6.42 Å². The summed E-state index contributed by atoms with van der Waals surface area (Å²) in [5.41, 5.74) is 0. The molecule has 0 fully saturated rings. The van der Waals surface area contributed by atoms with E-state index < -0.39 is 6.10 Å². The molecule has 0 aliphatic heterocycles. The molecule has 0 aliphatic rings. The Balaban J connectivity index is 3.51. The van der Waals surface area contributed by atoms with Crippen LogP contribution in [0.2, 0.25) is 0 Å². The number of carbonyl (C=O) groups excluding carboxylic acids is 1. The topological polar surface area (TPSA) is 49.3 Å². The number of amides is 1. The molecular formula is C9H15NO2. The van der Waals surface area contributed by atoms with Crippen molar-refractivity contribution in [1.82, 2.24) is 5.32 Å². The highest BCUT2D eigenvalue weighted by atomic mass is 16.3. The molecule has 0 bridgehead atoms. The lowest BCUT2D eigenvalue weighted by molar-refractivity contribution is -0.116. The van der Waals surface area contributed by atoms with E-state index >= 15 is 0 Å². The zero-order valence-corrected chi connectivity index (χ0v) is 7.55. The lowest BCUT2D eigenvalue weighted by atomic mass is 10.2. The second kappa shape index (κ2) is 6.68. The summed E-state index contributed by atoms with van der Waals surface area (Å²) in [5.74, 6) is 4.49. The number of carbonyl (C=O) groups is 1. The maximum Gasteiger partial charge on any atom is 0.295 e. The third-order valence-electron chi connectivity index (χ3n) is 1.36. The van der Waals surface area contributed by atoms with Gasteiger partial charge in [0.25, 0.3) is 5.91 Å². The van der Waals surface area contributed by atoms with Crippen LogP contribution in [0.3, 0.4) is 0 Å². The van der Waals surface area contributed by atoms with Crippen LogP contribution in [0, 0.1) is 11.8 Å². The first-order chi connectivity index (χ1) is 5.70. The number of rotatable bonds is 4. The summed E-state index contributed by atoms with van der Waals surface area (Å²) >= 11 is 0. The molecule has 1 amide bonds. The van der Waals surface area contributed by atoms with E-state index in [4.69, 9.17) is 0 Å². The largest absolute Gasteiger partial charge is 0.391 e. The van der Waals surface area contributed by atoms with Crippen molar-refractivity contribution in [3.63, 3.8) is 0 Å². The Morgan fingerprint density at radius 1 is 1.67 bits per heavy atom. The van der Waals surface area contributed by atoms with Gasteiger partial charge in [-0.3, -0.25) is 4.79 Å². The fourth-order valence-corrected chi connectivity index (χ4v) is 0.804. The molecular weight excluding hydrogens is 154 g/mol. The fraction of sp³-hybridized carbons (Fsp3) is 0.667. The minimum absolute atomic E-state index is 0.293. The minimum atomic E-state index is -0.447. The Hall–Kier alpha value is -1.01. The van der Waals surface area contributed by atoms with E-state index in [1.807, 2.05) is 6.92 Å². The maximum atomic E-state index is 10.8. The van der Waals surface area contributed by atoms with Crippen molar-refractivity contribution in [2.24, 2.45) is 0 Å². The number of hydrogen-bond acceptors (Lipinski definition) is 2. The second-order valence-corrected chi connectivity index (χ2v) is 2.53. The van der Waals surface area contributed by atoms with E-state index in [1.54, 1.807) is 6.92 Å². The lowest BCUT2D eigenvalue weighted by Gasteiger charge is -2.07. The van der Waals surface area contributed by atoms with Crippen molar-refractivity contribution in [3.8, 4) is 11.8 Å². The average molecular weight is 169 g/mol. The van der Waals surface area contributed by atoms with Crippen LogP contribution in [0.5, 0.6) is 0 Å². The monoisotopic (exact) mass is 169 g/mol. The Labute approximate surface area is 73.2 Å². The molecule has 1 unspecified atom stereocenters. The first-order valence-corrected chi connectivity index (χ1v) is 4.09. The van der Waals surface area contributed by atoms with Crippen molar-refractivity contribution in [3.05, 3.63) is 0 Å². The third kappa shape index (κ3) is 5.75. The van der Waals surface area contributed by atoms with Gasteiger partial charge in [-0.1, -0.05) is 19.3 Å². The standard InChI is InChI=1S/C9H15NO2/c1-3-5-8(11)7-10-9(12)6-4-2/h8,11H,3,5,7H2,1-2H3,(H,10,12). The Bertz CT molecular complexity index is 190. The molecule has 3 nitrogen and oxygen atoms in total. The van der Waals surface area contributed by atoms with Gasteiger partial charge in [0.2, 0.25) is 0 Å². The zero-order chi connectivity index (χ0) is 9.40. The quantitative estimate of drug-likeness (QED) is 0.594. The molecule has 0 aliphatic carbocycles. The first kappa shape index (κ1) is 11.0. The second-order valence-electron chi connectivity index (χ2n) is 2.53. The van der Waals surface area contributed by atoms with Crippen molar-refractivity contribution in [2.45, 2.75) is 32.8 Å². The number of aliphatic hydroxyl groups is 1. The highest BCUT2D eigenvalue weighted by Gasteiger charge is 2.02. The fourth-order valence-electron chi connectivity index (χ4n) is 0.804. The van der Waals surface area contributed by atoms with Crippen LogP contribution in [0.1, 0.15) is 26.7 Å². The van der Waals surface area contributed by atoms with Crippen molar-refractivity contribution in [2.75, 3.05) is 6.54 Å². The summed E-state index contributed by atoms with van der Waals surface area (Å²) < 4.78 is 0. The summed E-state index contributed by atoms with van der Waals surface area (Å²) in [5, 5.41) is 11.7. The van der Waals surface area contributed by atoms with Crippen molar-refractivity contribution >= 4 is 5.91 Å². The molecule has 0 saturated heterocycles. The van der Waals surface area contributed by atoms with Crippen LogP contribution in [0.4, 0.5) is 0 Å². The number of nitrogens with one attached hydrogen (secondary N) is 1. The SMILES string of the molecule is CC#CC(=O)NCC(O)CCC. The van der Waals surface area contributed by atoms with Crippen molar-refractivity contribution < 1.29 is 9.90 Å². The average Bonchev–Trinajstić information content (AvgIpc) is 2.02. The molecule has 0 aromatic carbocycles. The molecule has 12 heavy (non-hydrogen) atoms. The molecule has 0 aromatic rings. The summed E-state index contributed by atoms with van der Waals surface area (Å²) in [6.07, 6.45) is 1.17. The van der Waals surface area contributed by atoms with Crippen LogP contribution < -0.4 is 5.32 Å². The van der Waals surface area contributed by atoms with Crippen LogP contribution >= 0.6 is 0 Å².